The number of hydrogen-bond donors (Lipinski definition) is 2. The first kappa shape index (κ1) is 37.3. The molecule has 0 fully saturated rings. The number of carbonyl (C=O) groups excluding carboxylic acids is 1. The Bertz CT molecular complexity index is 1980. The number of aryl methyl sites for hydroxylation is 1. The SMILES string of the molecule is CCC(C[C@H](CC)C(C)(C)C)Oc1ccccc1OCCCc1sc(N2CCc3cccc(C(=O)Nc4nc5ccccc5s4)c3C2)nc1C(=O)O. The van der Waals surface area contributed by atoms with Gasteiger partial charge in [0.2, 0.25) is 0 Å². The van der Waals surface area contributed by atoms with Gasteiger partial charge in [-0.1, -0.05) is 88.8 Å². The number of thiazole rings is 2. The third kappa shape index (κ3) is 8.75. The molecule has 0 spiro atoms. The highest BCUT2D eigenvalue weighted by molar-refractivity contribution is 7.22. The van der Waals surface area contributed by atoms with Crippen molar-refractivity contribution in [3.8, 4) is 11.5 Å². The Labute approximate surface area is 314 Å². The second-order valence-electron chi connectivity index (χ2n) is 14.4. The van der Waals surface area contributed by atoms with Gasteiger partial charge in [-0.3, -0.25) is 10.1 Å². The molecule has 6 rings (SSSR count). The van der Waals surface area contributed by atoms with Crippen molar-refractivity contribution in [2.24, 2.45) is 11.3 Å². The van der Waals surface area contributed by atoms with Crippen LogP contribution in [-0.4, -0.2) is 46.2 Å². The van der Waals surface area contributed by atoms with Gasteiger partial charge < -0.3 is 19.5 Å². The van der Waals surface area contributed by atoms with Crippen LogP contribution in [0.2, 0.25) is 0 Å². The summed E-state index contributed by atoms with van der Waals surface area (Å²) in [4.78, 5) is 37.8. The zero-order valence-electron chi connectivity index (χ0n) is 30.6. The molecule has 1 aliphatic heterocycles. The van der Waals surface area contributed by atoms with E-state index in [-0.39, 0.29) is 23.1 Å². The van der Waals surface area contributed by atoms with Gasteiger partial charge in [-0.15, -0.1) is 11.3 Å². The molecular formula is C41H48N4O5S2. The monoisotopic (exact) mass is 740 g/mol. The Morgan fingerprint density at radius 2 is 1.73 bits per heavy atom. The van der Waals surface area contributed by atoms with Crippen LogP contribution in [0, 0.1) is 11.3 Å². The van der Waals surface area contributed by atoms with E-state index in [9.17, 15) is 14.7 Å². The summed E-state index contributed by atoms with van der Waals surface area (Å²) >= 11 is 2.85. The van der Waals surface area contributed by atoms with E-state index in [1.54, 1.807) is 0 Å². The molecule has 2 aromatic heterocycles. The second-order valence-corrected chi connectivity index (χ2v) is 16.5. The maximum Gasteiger partial charge on any atom is 0.355 e. The van der Waals surface area contributed by atoms with Crippen molar-refractivity contribution in [1.29, 1.82) is 0 Å². The van der Waals surface area contributed by atoms with Gasteiger partial charge in [-0.2, -0.15) is 0 Å². The summed E-state index contributed by atoms with van der Waals surface area (Å²) in [5, 5.41) is 14.3. The fourth-order valence-electron chi connectivity index (χ4n) is 6.87. The standard InChI is InChI=1S/C41H48N4O5S2/c1-6-27(41(3,4)5)24-28(7-2)50-33-18-10-9-17-32(33)49-23-13-20-35-36(38(47)48)43-40(52-35)45-22-21-26-14-12-15-29(30(26)25-45)37(46)44-39-42-31-16-8-11-19-34(31)51-39/h8-12,14-19,27-28H,6-7,13,20-25H2,1-5H3,(H,47,48)(H,42,44,46)/t27-,28?/m0/s1. The average molecular weight is 741 g/mol. The lowest BCUT2D eigenvalue weighted by atomic mass is 9.76. The zero-order chi connectivity index (χ0) is 36.8. The number of carboxylic acid groups (broad SMARTS) is 1. The summed E-state index contributed by atoms with van der Waals surface area (Å²) in [6.07, 6.45) is 4.95. The Morgan fingerprint density at radius 3 is 2.46 bits per heavy atom. The van der Waals surface area contributed by atoms with Gasteiger partial charge in [-0.25, -0.2) is 14.8 Å². The number of carboxylic acids is 1. The van der Waals surface area contributed by atoms with Gasteiger partial charge in [0.1, 0.15) is 0 Å². The normalized spacial score (nSPS) is 14.1. The number of amides is 1. The van der Waals surface area contributed by atoms with E-state index in [1.807, 2.05) is 60.7 Å². The highest BCUT2D eigenvalue weighted by atomic mass is 32.1. The topological polar surface area (TPSA) is 114 Å². The molecular weight excluding hydrogens is 693 g/mol. The van der Waals surface area contributed by atoms with Gasteiger partial charge in [-0.05, 0) is 84.9 Å². The molecule has 2 atom stereocenters. The minimum Gasteiger partial charge on any atom is -0.490 e. The van der Waals surface area contributed by atoms with Crippen molar-refractivity contribution in [3.63, 3.8) is 0 Å². The summed E-state index contributed by atoms with van der Waals surface area (Å²) in [6.45, 7) is 12.8. The summed E-state index contributed by atoms with van der Waals surface area (Å²) in [5.74, 6) is 0.730. The Balaban J connectivity index is 1.09. The van der Waals surface area contributed by atoms with Gasteiger partial charge in [0, 0.05) is 23.5 Å². The maximum atomic E-state index is 13.5. The molecule has 1 unspecified atom stereocenters. The number of rotatable bonds is 15. The van der Waals surface area contributed by atoms with Crippen LogP contribution in [0.15, 0.2) is 66.7 Å². The molecule has 9 nitrogen and oxygen atoms in total. The van der Waals surface area contributed by atoms with Crippen LogP contribution in [0.5, 0.6) is 11.5 Å². The lowest BCUT2D eigenvalue weighted by molar-refractivity contribution is 0.0690. The van der Waals surface area contributed by atoms with Crippen molar-refractivity contribution in [2.75, 3.05) is 23.4 Å². The van der Waals surface area contributed by atoms with Crippen LogP contribution < -0.4 is 19.7 Å². The van der Waals surface area contributed by atoms with Crippen molar-refractivity contribution in [2.45, 2.75) is 85.8 Å². The molecule has 5 aromatic rings. The van der Waals surface area contributed by atoms with Crippen molar-refractivity contribution < 1.29 is 24.2 Å². The number of nitrogens with one attached hydrogen (secondary N) is 1. The first-order valence-corrected chi connectivity index (χ1v) is 19.8. The average Bonchev–Trinajstić information content (AvgIpc) is 3.75. The number of aromatic nitrogens is 2. The molecule has 0 aliphatic carbocycles. The predicted octanol–water partition coefficient (Wildman–Crippen LogP) is 9.90. The molecule has 3 heterocycles. The quantitative estimate of drug-likeness (QED) is 0.102. The number of nitrogens with zero attached hydrogens (tertiary/aromatic N) is 3. The van der Waals surface area contributed by atoms with E-state index in [4.69, 9.17) is 9.47 Å². The molecule has 0 bridgehead atoms. The summed E-state index contributed by atoms with van der Waals surface area (Å²) < 4.78 is 13.7. The molecule has 1 amide bonds. The van der Waals surface area contributed by atoms with Crippen LogP contribution in [0.1, 0.15) is 97.2 Å². The number of fused-ring (bicyclic) bond motifs is 2. The smallest absolute Gasteiger partial charge is 0.355 e. The minimum atomic E-state index is -1.04. The third-order valence-electron chi connectivity index (χ3n) is 9.86. The lowest BCUT2D eigenvalue weighted by Crippen LogP contribution is -2.32. The fourth-order valence-corrected chi connectivity index (χ4v) is 8.85. The van der Waals surface area contributed by atoms with Crippen LogP contribution in [0.3, 0.4) is 0 Å². The van der Waals surface area contributed by atoms with E-state index >= 15 is 0 Å². The Hall–Kier alpha value is -4.48. The summed E-state index contributed by atoms with van der Waals surface area (Å²) in [6, 6.07) is 21.4. The van der Waals surface area contributed by atoms with Gasteiger partial charge >= 0.3 is 5.97 Å². The van der Waals surface area contributed by atoms with E-state index in [0.717, 1.165) is 52.8 Å². The number of anilines is 2. The van der Waals surface area contributed by atoms with E-state index in [2.05, 4.69) is 60.9 Å². The van der Waals surface area contributed by atoms with Gasteiger partial charge in [0.25, 0.3) is 5.91 Å². The van der Waals surface area contributed by atoms with Crippen LogP contribution in [0.25, 0.3) is 10.2 Å². The third-order valence-corrected chi connectivity index (χ3v) is 12.0. The molecule has 1 aliphatic rings. The fraction of sp³-hybridized carbons (Fsp3) is 0.415. The molecule has 52 heavy (non-hydrogen) atoms. The molecule has 2 N–H and O–H groups in total. The van der Waals surface area contributed by atoms with Crippen molar-refractivity contribution in [3.05, 3.63) is 94.0 Å². The second kappa shape index (κ2) is 16.5. The minimum absolute atomic E-state index is 0.0755. The lowest BCUT2D eigenvalue weighted by Gasteiger charge is -2.33. The molecule has 0 radical (unpaired) electrons. The largest absolute Gasteiger partial charge is 0.490 e. The summed E-state index contributed by atoms with van der Waals surface area (Å²) in [5.41, 5.74) is 3.75. The summed E-state index contributed by atoms with van der Waals surface area (Å²) in [7, 11) is 0. The van der Waals surface area contributed by atoms with E-state index in [1.165, 1.54) is 22.7 Å². The van der Waals surface area contributed by atoms with Crippen LogP contribution >= 0.6 is 22.7 Å². The van der Waals surface area contributed by atoms with E-state index < -0.39 is 5.97 Å². The highest BCUT2D eigenvalue weighted by Crippen LogP contribution is 2.37. The number of ether oxygens (including phenoxy) is 2. The van der Waals surface area contributed by atoms with Gasteiger partial charge in [0.15, 0.2) is 27.5 Å². The maximum absolute atomic E-state index is 13.5. The van der Waals surface area contributed by atoms with Crippen LogP contribution in [0.4, 0.5) is 10.3 Å². The zero-order valence-corrected chi connectivity index (χ0v) is 32.2. The van der Waals surface area contributed by atoms with Crippen molar-refractivity contribution in [1.82, 2.24) is 9.97 Å². The number of aromatic carboxylic acids is 1. The molecule has 3 aromatic carbocycles. The molecule has 0 saturated heterocycles. The number of hydrogen-bond acceptors (Lipinski definition) is 9. The number of carbonyl (C=O) groups is 2. The predicted molar refractivity (Wildman–Crippen MR) is 211 cm³/mol. The van der Waals surface area contributed by atoms with Gasteiger partial charge in [0.05, 0.1) is 22.9 Å². The number of para-hydroxylation sites is 3. The van der Waals surface area contributed by atoms with Crippen LogP contribution in [-0.2, 0) is 19.4 Å². The Morgan fingerprint density at radius 1 is 0.962 bits per heavy atom. The number of benzene rings is 3. The van der Waals surface area contributed by atoms with E-state index in [0.29, 0.717) is 64.9 Å². The first-order chi connectivity index (χ1) is 25.0. The molecule has 0 saturated carbocycles. The highest BCUT2D eigenvalue weighted by Gasteiger charge is 2.28. The molecule has 11 heteroatoms. The first-order valence-electron chi connectivity index (χ1n) is 18.2. The van der Waals surface area contributed by atoms with Crippen molar-refractivity contribution >= 4 is 55.0 Å². The molecule has 274 valence electrons. The Kier molecular flexibility index (Phi) is 11.8.